The molecular formula is C16H21NO5. The zero-order valence-electron chi connectivity index (χ0n) is 12.7. The molecule has 0 radical (unpaired) electrons. The fraction of sp³-hybridized carbons (Fsp3) is 0.500. The summed E-state index contributed by atoms with van der Waals surface area (Å²) in [6, 6.07) is 6.15. The molecule has 1 atom stereocenters. The second kappa shape index (κ2) is 7.91. The quantitative estimate of drug-likeness (QED) is 0.773. The van der Waals surface area contributed by atoms with Crippen molar-refractivity contribution in [1.82, 2.24) is 4.90 Å². The smallest absolute Gasteiger partial charge is 0.335 e. The molecule has 0 spiro atoms. The summed E-state index contributed by atoms with van der Waals surface area (Å²) in [6.07, 6.45) is 0.900. The van der Waals surface area contributed by atoms with Crippen LogP contribution in [0.25, 0.3) is 0 Å². The average Bonchev–Trinajstić information content (AvgIpc) is 3.00. The maximum absolute atomic E-state index is 12.4. The zero-order valence-corrected chi connectivity index (χ0v) is 12.7. The van der Waals surface area contributed by atoms with Crippen LogP contribution in [0, 0.1) is 5.92 Å². The van der Waals surface area contributed by atoms with Gasteiger partial charge in [0.05, 0.1) is 25.4 Å². The Labute approximate surface area is 129 Å². The molecule has 1 heterocycles. The van der Waals surface area contributed by atoms with Crippen LogP contribution in [0.3, 0.4) is 0 Å². The van der Waals surface area contributed by atoms with E-state index in [1.807, 2.05) is 0 Å². The van der Waals surface area contributed by atoms with E-state index < -0.39 is 5.97 Å². The minimum Gasteiger partial charge on any atom is -0.478 e. The second-order valence-electron chi connectivity index (χ2n) is 5.36. The number of carboxylic acids is 1. The van der Waals surface area contributed by atoms with Gasteiger partial charge >= 0.3 is 5.97 Å². The Hall–Kier alpha value is -1.92. The Morgan fingerprint density at radius 2 is 2.09 bits per heavy atom. The number of methoxy groups -OCH3 is 1. The highest BCUT2D eigenvalue weighted by Crippen LogP contribution is 2.19. The Morgan fingerprint density at radius 3 is 2.82 bits per heavy atom. The van der Waals surface area contributed by atoms with Gasteiger partial charge in [0.2, 0.25) is 0 Å². The van der Waals surface area contributed by atoms with Gasteiger partial charge in [-0.05, 0) is 24.6 Å². The first kappa shape index (κ1) is 16.5. The first-order chi connectivity index (χ1) is 10.6. The molecule has 1 saturated heterocycles. The van der Waals surface area contributed by atoms with E-state index in [4.69, 9.17) is 14.6 Å². The van der Waals surface area contributed by atoms with Gasteiger partial charge in [0.1, 0.15) is 0 Å². The van der Waals surface area contributed by atoms with E-state index in [1.165, 1.54) is 12.1 Å². The molecule has 0 aliphatic carbocycles. The number of carboxylic acid groups (broad SMARTS) is 1. The number of likely N-dealkylation sites (tertiary alicyclic amines) is 1. The topological polar surface area (TPSA) is 76.1 Å². The highest BCUT2D eigenvalue weighted by Gasteiger charge is 2.27. The summed E-state index contributed by atoms with van der Waals surface area (Å²) in [5.74, 6) is -0.827. The van der Waals surface area contributed by atoms with E-state index >= 15 is 0 Å². The molecule has 120 valence electrons. The summed E-state index contributed by atoms with van der Waals surface area (Å²) >= 11 is 0. The van der Waals surface area contributed by atoms with Crippen molar-refractivity contribution in [2.75, 3.05) is 40.0 Å². The summed E-state index contributed by atoms with van der Waals surface area (Å²) in [4.78, 5) is 25.1. The molecule has 1 aliphatic rings. The third-order valence-corrected chi connectivity index (χ3v) is 3.71. The first-order valence-electron chi connectivity index (χ1n) is 7.31. The highest BCUT2D eigenvalue weighted by molar-refractivity contribution is 5.97. The summed E-state index contributed by atoms with van der Waals surface area (Å²) in [5.41, 5.74) is 0.547. The summed E-state index contributed by atoms with van der Waals surface area (Å²) in [7, 11) is 1.63. The lowest BCUT2D eigenvalue weighted by atomic mass is 10.1. The highest BCUT2D eigenvalue weighted by atomic mass is 16.5. The minimum atomic E-state index is -1.03. The van der Waals surface area contributed by atoms with Crippen molar-refractivity contribution in [1.29, 1.82) is 0 Å². The van der Waals surface area contributed by atoms with Crippen LogP contribution in [-0.4, -0.2) is 61.9 Å². The maximum atomic E-state index is 12.4. The van der Waals surface area contributed by atoms with Crippen molar-refractivity contribution in [3.8, 4) is 0 Å². The first-order valence-corrected chi connectivity index (χ1v) is 7.31. The largest absolute Gasteiger partial charge is 0.478 e. The van der Waals surface area contributed by atoms with E-state index in [0.717, 1.165) is 6.42 Å². The third kappa shape index (κ3) is 4.29. The molecule has 1 fully saturated rings. The van der Waals surface area contributed by atoms with Gasteiger partial charge in [-0.3, -0.25) is 4.79 Å². The summed E-state index contributed by atoms with van der Waals surface area (Å²) in [5, 5.41) is 8.99. The zero-order chi connectivity index (χ0) is 15.9. The van der Waals surface area contributed by atoms with Gasteiger partial charge in [0.15, 0.2) is 0 Å². The van der Waals surface area contributed by atoms with Gasteiger partial charge in [0.25, 0.3) is 5.91 Å². The van der Waals surface area contributed by atoms with E-state index in [-0.39, 0.29) is 11.5 Å². The van der Waals surface area contributed by atoms with E-state index in [2.05, 4.69) is 0 Å². The van der Waals surface area contributed by atoms with Crippen molar-refractivity contribution < 1.29 is 24.2 Å². The fourth-order valence-corrected chi connectivity index (χ4v) is 2.51. The van der Waals surface area contributed by atoms with Gasteiger partial charge in [0, 0.05) is 31.7 Å². The monoisotopic (exact) mass is 307 g/mol. The number of carbonyl (C=O) groups excluding carboxylic acids is 1. The van der Waals surface area contributed by atoms with E-state index in [9.17, 15) is 9.59 Å². The predicted octanol–water partition coefficient (Wildman–Crippen LogP) is 1.51. The Bertz CT molecular complexity index is 531. The summed E-state index contributed by atoms with van der Waals surface area (Å²) < 4.78 is 10.4. The van der Waals surface area contributed by atoms with Crippen LogP contribution in [-0.2, 0) is 9.47 Å². The number of amides is 1. The van der Waals surface area contributed by atoms with Crippen LogP contribution >= 0.6 is 0 Å². The Morgan fingerprint density at radius 1 is 1.32 bits per heavy atom. The molecule has 22 heavy (non-hydrogen) atoms. The standard InChI is InChI=1S/C16H21NO5/c1-21-7-8-22-11-12-5-6-17(10-12)15(18)13-3-2-4-14(9-13)16(19)20/h2-4,9,12H,5-8,10-11H2,1H3,(H,19,20). The van der Waals surface area contributed by atoms with Crippen LogP contribution in [0.2, 0.25) is 0 Å². The lowest BCUT2D eigenvalue weighted by Crippen LogP contribution is -2.29. The van der Waals surface area contributed by atoms with Crippen molar-refractivity contribution in [2.24, 2.45) is 5.92 Å². The predicted molar refractivity (Wildman–Crippen MR) is 80.1 cm³/mol. The lowest BCUT2D eigenvalue weighted by molar-refractivity contribution is 0.0515. The molecular weight excluding hydrogens is 286 g/mol. The van der Waals surface area contributed by atoms with Crippen molar-refractivity contribution in [3.63, 3.8) is 0 Å². The third-order valence-electron chi connectivity index (χ3n) is 3.71. The van der Waals surface area contributed by atoms with Crippen LogP contribution < -0.4 is 0 Å². The number of rotatable bonds is 7. The number of hydrogen-bond acceptors (Lipinski definition) is 4. The fourth-order valence-electron chi connectivity index (χ4n) is 2.51. The van der Waals surface area contributed by atoms with Crippen molar-refractivity contribution >= 4 is 11.9 Å². The molecule has 6 nitrogen and oxygen atoms in total. The Kier molecular flexibility index (Phi) is 5.91. The van der Waals surface area contributed by atoms with Crippen molar-refractivity contribution in [2.45, 2.75) is 6.42 Å². The van der Waals surface area contributed by atoms with Gasteiger partial charge in [-0.2, -0.15) is 0 Å². The van der Waals surface area contributed by atoms with Gasteiger partial charge in [-0.1, -0.05) is 6.07 Å². The SMILES string of the molecule is COCCOCC1CCN(C(=O)c2cccc(C(=O)O)c2)C1. The van der Waals surface area contributed by atoms with Gasteiger partial charge in [-0.15, -0.1) is 0 Å². The molecule has 1 amide bonds. The second-order valence-corrected chi connectivity index (χ2v) is 5.36. The number of nitrogens with zero attached hydrogens (tertiary/aromatic N) is 1. The molecule has 6 heteroatoms. The number of benzene rings is 1. The molecule has 2 rings (SSSR count). The van der Waals surface area contributed by atoms with Crippen LogP contribution in [0.1, 0.15) is 27.1 Å². The lowest BCUT2D eigenvalue weighted by Gasteiger charge is -2.17. The van der Waals surface area contributed by atoms with Crippen LogP contribution in [0.5, 0.6) is 0 Å². The van der Waals surface area contributed by atoms with Crippen molar-refractivity contribution in [3.05, 3.63) is 35.4 Å². The minimum absolute atomic E-state index is 0.123. The number of ether oxygens (including phenoxy) is 2. The normalized spacial score (nSPS) is 17.7. The molecule has 0 aromatic heterocycles. The molecule has 0 bridgehead atoms. The van der Waals surface area contributed by atoms with Crippen LogP contribution in [0.15, 0.2) is 24.3 Å². The van der Waals surface area contributed by atoms with Gasteiger partial charge in [-0.25, -0.2) is 4.79 Å². The molecule has 1 aromatic carbocycles. The molecule has 1 unspecified atom stereocenters. The maximum Gasteiger partial charge on any atom is 0.335 e. The number of aromatic carboxylic acids is 1. The van der Waals surface area contributed by atoms with Gasteiger partial charge < -0.3 is 19.5 Å². The van der Waals surface area contributed by atoms with Crippen LogP contribution in [0.4, 0.5) is 0 Å². The number of carbonyl (C=O) groups is 2. The Balaban J connectivity index is 1.89. The number of hydrogen-bond donors (Lipinski definition) is 1. The molecule has 1 aromatic rings. The van der Waals surface area contributed by atoms with E-state index in [0.29, 0.717) is 44.4 Å². The van der Waals surface area contributed by atoms with E-state index in [1.54, 1.807) is 24.1 Å². The summed E-state index contributed by atoms with van der Waals surface area (Å²) in [6.45, 7) is 3.05. The molecule has 1 aliphatic heterocycles. The molecule has 1 N–H and O–H groups in total. The molecule has 0 saturated carbocycles. The average molecular weight is 307 g/mol.